The molecule has 2 rings (SSSR count). The highest BCUT2D eigenvalue weighted by Crippen LogP contribution is 2.24. The minimum atomic E-state index is -4.18. The SMILES string of the molecule is O=c1[nH]c2c(F)c(S(=O)(=O)Cl)ccc2o1. The molecule has 1 aromatic carbocycles. The Kier molecular flexibility index (Phi) is 2.09. The summed E-state index contributed by atoms with van der Waals surface area (Å²) in [5, 5.41) is 0. The zero-order chi connectivity index (χ0) is 11.2. The number of halogens is 2. The summed E-state index contributed by atoms with van der Waals surface area (Å²) in [6.45, 7) is 0. The van der Waals surface area contributed by atoms with Crippen LogP contribution in [-0.4, -0.2) is 13.4 Å². The Morgan fingerprint density at radius 1 is 1.40 bits per heavy atom. The van der Waals surface area contributed by atoms with Crippen LogP contribution in [-0.2, 0) is 9.05 Å². The number of H-pyrrole nitrogens is 1. The lowest BCUT2D eigenvalue weighted by Gasteiger charge is -1.97. The molecule has 15 heavy (non-hydrogen) atoms. The average molecular weight is 252 g/mol. The van der Waals surface area contributed by atoms with E-state index in [0.717, 1.165) is 12.1 Å². The van der Waals surface area contributed by atoms with Crippen molar-refractivity contribution in [2.75, 3.05) is 0 Å². The zero-order valence-electron chi connectivity index (χ0n) is 6.95. The number of hydrogen-bond acceptors (Lipinski definition) is 4. The lowest BCUT2D eigenvalue weighted by atomic mass is 10.3. The first-order chi connectivity index (χ1) is 6.89. The van der Waals surface area contributed by atoms with Gasteiger partial charge in [-0.25, -0.2) is 17.6 Å². The largest absolute Gasteiger partial charge is 0.417 e. The van der Waals surface area contributed by atoms with Crippen LogP contribution in [0.1, 0.15) is 0 Å². The molecule has 0 fully saturated rings. The number of oxazole rings is 1. The van der Waals surface area contributed by atoms with Gasteiger partial charge in [0.05, 0.1) is 0 Å². The van der Waals surface area contributed by atoms with Gasteiger partial charge >= 0.3 is 5.76 Å². The van der Waals surface area contributed by atoms with Crippen molar-refractivity contribution in [3.8, 4) is 0 Å². The lowest BCUT2D eigenvalue weighted by Crippen LogP contribution is -1.97. The molecule has 5 nitrogen and oxygen atoms in total. The number of aromatic nitrogens is 1. The van der Waals surface area contributed by atoms with E-state index in [1.54, 1.807) is 0 Å². The van der Waals surface area contributed by atoms with Crippen LogP contribution in [0.4, 0.5) is 4.39 Å². The highest BCUT2D eigenvalue weighted by atomic mass is 35.7. The van der Waals surface area contributed by atoms with Crippen molar-refractivity contribution in [1.82, 2.24) is 4.98 Å². The Bertz CT molecular complexity index is 687. The van der Waals surface area contributed by atoms with Gasteiger partial charge in [-0.1, -0.05) is 0 Å². The molecule has 1 aromatic heterocycles. The van der Waals surface area contributed by atoms with Crippen LogP contribution < -0.4 is 5.76 Å². The van der Waals surface area contributed by atoms with Gasteiger partial charge in [0.15, 0.2) is 11.4 Å². The highest BCUT2D eigenvalue weighted by Gasteiger charge is 2.20. The van der Waals surface area contributed by atoms with Crippen molar-refractivity contribution < 1.29 is 17.2 Å². The molecule has 0 aliphatic rings. The van der Waals surface area contributed by atoms with E-state index >= 15 is 0 Å². The van der Waals surface area contributed by atoms with Crippen LogP contribution in [0.2, 0.25) is 0 Å². The molecule has 80 valence electrons. The van der Waals surface area contributed by atoms with Crippen molar-refractivity contribution in [2.45, 2.75) is 4.90 Å². The van der Waals surface area contributed by atoms with Gasteiger partial charge < -0.3 is 4.42 Å². The second kappa shape index (κ2) is 3.07. The molecular weight excluding hydrogens is 249 g/mol. The van der Waals surface area contributed by atoms with E-state index in [1.165, 1.54) is 0 Å². The molecule has 0 amide bonds. The van der Waals surface area contributed by atoms with Gasteiger partial charge in [-0.3, -0.25) is 4.98 Å². The molecule has 0 radical (unpaired) electrons. The molecule has 0 aliphatic heterocycles. The van der Waals surface area contributed by atoms with Crippen LogP contribution >= 0.6 is 10.7 Å². The molecule has 0 aliphatic carbocycles. The number of rotatable bonds is 1. The summed E-state index contributed by atoms with van der Waals surface area (Å²) in [5.41, 5.74) is -0.386. The second-order valence-corrected chi connectivity index (χ2v) is 5.24. The number of fused-ring (bicyclic) bond motifs is 1. The summed E-state index contributed by atoms with van der Waals surface area (Å²) in [6, 6.07) is 2.07. The molecular formula is C7H3ClFNO4S. The fraction of sp³-hybridized carbons (Fsp3) is 0. The van der Waals surface area contributed by atoms with Gasteiger partial charge in [-0.15, -0.1) is 0 Å². The van der Waals surface area contributed by atoms with Gasteiger partial charge in [0.25, 0.3) is 9.05 Å². The maximum atomic E-state index is 13.5. The van der Waals surface area contributed by atoms with Crippen molar-refractivity contribution in [3.05, 3.63) is 28.5 Å². The van der Waals surface area contributed by atoms with Crippen molar-refractivity contribution in [1.29, 1.82) is 0 Å². The van der Waals surface area contributed by atoms with Crippen molar-refractivity contribution in [2.24, 2.45) is 0 Å². The smallest absolute Gasteiger partial charge is 0.408 e. The Morgan fingerprint density at radius 3 is 2.67 bits per heavy atom. The molecule has 2 aromatic rings. The van der Waals surface area contributed by atoms with Crippen molar-refractivity contribution >= 4 is 30.8 Å². The first kappa shape index (κ1) is 10.2. The molecule has 1 N–H and O–H groups in total. The standard InChI is InChI=1S/C7H3ClFNO4S/c8-15(12,13)4-2-1-3-6(5(4)9)10-7(11)14-3/h1-2H,(H,10,11). The molecule has 1 heterocycles. The minimum Gasteiger partial charge on any atom is -0.408 e. The summed E-state index contributed by atoms with van der Waals surface area (Å²) in [4.78, 5) is 12.0. The van der Waals surface area contributed by atoms with E-state index in [9.17, 15) is 17.6 Å². The topological polar surface area (TPSA) is 80.1 Å². The van der Waals surface area contributed by atoms with Crippen LogP contribution in [0.15, 0.2) is 26.2 Å². The van der Waals surface area contributed by atoms with E-state index in [1.807, 2.05) is 4.98 Å². The Balaban J connectivity index is 2.93. The van der Waals surface area contributed by atoms with E-state index in [2.05, 4.69) is 4.42 Å². The Hall–Kier alpha value is -1.34. The number of aromatic amines is 1. The maximum absolute atomic E-state index is 13.5. The Labute approximate surface area is 86.9 Å². The number of nitrogens with one attached hydrogen (secondary N) is 1. The molecule has 0 saturated heterocycles. The summed E-state index contributed by atoms with van der Waals surface area (Å²) < 4.78 is 39.8. The van der Waals surface area contributed by atoms with Crippen LogP contribution in [0.5, 0.6) is 0 Å². The fourth-order valence-electron chi connectivity index (χ4n) is 1.16. The molecule has 0 saturated carbocycles. The molecule has 0 spiro atoms. The van der Waals surface area contributed by atoms with E-state index < -0.39 is 25.5 Å². The summed E-state index contributed by atoms with van der Waals surface area (Å²) in [5.74, 6) is -2.00. The van der Waals surface area contributed by atoms with E-state index in [4.69, 9.17) is 10.7 Å². The third kappa shape index (κ3) is 1.64. The molecule has 0 unspecified atom stereocenters. The first-order valence-corrected chi connectivity index (χ1v) is 5.96. The summed E-state index contributed by atoms with van der Waals surface area (Å²) in [6.07, 6.45) is 0. The number of benzene rings is 1. The number of hydrogen-bond donors (Lipinski definition) is 1. The maximum Gasteiger partial charge on any atom is 0.417 e. The average Bonchev–Trinajstić information content (AvgIpc) is 2.44. The summed E-state index contributed by atoms with van der Waals surface area (Å²) >= 11 is 0. The van der Waals surface area contributed by atoms with Gasteiger partial charge in [0.1, 0.15) is 10.4 Å². The third-order valence-electron chi connectivity index (χ3n) is 1.76. The first-order valence-electron chi connectivity index (χ1n) is 3.65. The van der Waals surface area contributed by atoms with Gasteiger partial charge in [0.2, 0.25) is 0 Å². The predicted molar refractivity (Wildman–Crippen MR) is 49.8 cm³/mol. The molecule has 0 bridgehead atoms. The predicted octanol–water partition coefficient (Wildman–Crippen LogP) is 1.19. The zero-order valence-corrected chi connectivity index (χ0v) is 8.52. The van der Waals surface area contributed by atoms with Crippen molar-refractivity contribution in [3.63, 3.8) is 0 Å². The fourth-order valence-corrected chi connectivity index (χ4v) is 2.06. The summed E-state index contributed by atoms with van der Waals surface area (Å²) in [7, 11) is 0.798. The highest BCUT2D eigenvalue weighted by molar-refractivity contribution is 8.13. The van der Waals surface area contributed by atoms with Gasteiger partial charge in [-0.05, 0) is 12.1 Å². The van der Waals surface area contributed by atoms with Gasteiger partial charge in [0, 0.05) is 10.7 Å². The van der Waals surface area contributed by atoms with Gasteiger partial charge in [-0.2, -0.15) is 0 Å². The lowest BCUT2D eigenvalue weighted by molar-refractivity contribution is 0.554. The molecule has 8 heteroatoms. The molecule has 0 atom stereocenters. The normalized spacial score (nSPS) is 12.1. The van der Waals surface area contributed by atoms with E-state index in [-0.39, 0.29) is 11.1 Å². The van der Waals surface area contributed by atoms with Crippen LogP contribution in [0.25, 0.3) is 11.1 Å². The quantitative estimate of drug-likeness (QED) is 0.772. The Morgan fingerprint density at radius 2 is 2.07 bits per heavy atom. The monoisotopic (exact) mass is 251 g/mol. The van der Waals surface area contributed by atoms with E-state index in [0.29, 0.717) is 0 Å². The van der Waals surface area contributed by atoms with Crippen LogP contribution in [0.3, 0.4) is 0 Å². The second-order valence-electron chi connectivity index (χ2n) is 2.70. The van der Waals surface area contributed by atoms with Crippen LogP contribution in [0, 0.1) is 5.82 Å². The minimum absolute atomic E-state index is 0.0680. The third-order valence-corrected chi connectivity index (χ3v) is 3.10.